The van der Waals surface area contributed by atoms with Crippen LogP contribution in [-0.4, -0.2) is 21.8 Å². The largest absolute Gasteiger partial charge is 0.425 e. The molecule has 1 heterocycles. The quantitative estimate of drug-likeness (QED) is 0.403. The molecule has 1 aromatic heterocycles. The van der Waals surface area contributed by atoms with E-state index >= 15 is 0 Å². The molecule has 1 aromatic rings. The van der Waals surface area contributed by atoms with Crippen LogP contribution in [0.15, 0.2) is 27.7 Å². The predicted molar refractivity (Wildman–Crippen MR) is 152 cm³/mol. The Hall–Kier alpha value is -2.55. The fourth-order valence-electron chi connectivity index (χ4n) is 10.4. The molecule has 7 atom stereocenters. The van der Waals surface area contributed by atoms with Crippen LogP contribution >= 0.6 is 0 Å². The predicted octanol–water partition coefficient (Wildman–Crippen LogP) is 7.10. The summed E-state index contributed by atoms with van der Waals surface area (Å²) < 4.78 is 6.36. The molecule has 0 amide bonds. The van der Waals surface area contributed by atoms with E-state index in [0.717, 1.165) is 69.3 Å². The van der Waals surface area contributed by atoms with Crippen molar-refractivity contribution in [1.29, 1.82) is 5.26 Å². The van der Waals surface area contributed by atoms with Gasteiger partial charge in [0.15, 0.2) is 11.6 Å². The second-order valence-electron chi connectivity index (χ2n) is 15.5. The average molecular weight is 544 g/mol. The summed E-state index contributed by atoms with van der Waals surface area (Å²) in [7, 11) is 0. The highest BCUT2D eigenvalue weighted by Gasteiger charge is 2.66. The van der Waals surface area contributed by atoms with Gasteiger partial charge in [0, 0.05) is 23.2 Å². The van der Waals surface area contributed by atoms with Crippen molar-refractivity contribution >= 4 is 11.6 Å². The minimum atomic E-state index is -0.639. The molecule has 6 rings (SSSR count). The van der Waals surface area contributed by atoms with E-state index < -0.39 is 10.8 Å². The first-order valence-corrected chi connectivity index (χ1v) is 15.5. The van der Waals surface area contributed by atoms with Crippen molar-refractivity contribution in [2.24, 2.45) is 45.3 Å². The van der Waals surface area contributed by atoms with Gasteiger partial charge < -0.3 is 4.42 Å². The van der Waals surface area contributed by atoms with Gasteiger partial charge >= 0.3 is 0 Å². The van der Waals surface area contributed by atoms with E-state index in [1.54, 1.807) is 0 Å². The minimum Gasteiger partial charge on any atom is -0.425 e. The molecule has 3 saturated carbocycles. The minimum absolute atomic E-state index is 0.0597. The van der Waals surface area contributed by atoms with Crippen LogP contribution in [0.2, 0.25) is 0 Å². The van der Waals surface area contributed by atoms with E-state index in [9.17, 15) is 14.9 Å². The summed E-state index contributed by atoms with van der Waals surface area (Å²) in [4.78, 5) is 27.7. The van der Waals surface area contributed by atoms with Gasteiger partial charge in [0.05, 0.1) is 11.0 Å². The van der Waals surface area contributed by atoms with Gasteiger partial charge in [-0.1, -0.05) is 60.1 Å². The number of aryl methyl sites for hydroxylation is 1. The molecule has 6 heteroatoms. The Balaban J connectivity index is 1.48. The molecular weight excluding hydrogens is 498 g/mol. The molecule has 5 aliphatic carbocycles. The highest BCUT2D eigenvalue weighted by atomic mass is 16.4. The molecule has 5 aliphatic rings. The normalized spacial score (nSPS) is 41.5. The van der Waals surface area contributed by atoms with Crippen molar-refractivity contribution in [2.45, 2.75) is 112 Å². The van der Waals surface area contributed by atoms with Crippen molar-refractivity contribution in [1.82, 2.24) is 10.2 Å². The van der Waals surface area contributed by atoms with Crippen LogP contribution in [0.1, 0.15) is 112 Å². The van der Waals surface area contributed by atoms with Gasteiger partial charge in [0.1, 0.15) is 6.07 Å². The van der Waals surface area contributed by atoms with Gasteiger partial charge in [0.2, 0.25) is 11.8 Å². The lowest BCUT2D eigenvalue weighted by Gasteiger charge is -2.64. The Kier molecular flexibility index (Phi) is 6.02. The number of hydrogen-bond acceptors (Lipinski definition) is 6. The maximum Gasteiger partial charge on any atom is 0.222 e. The molecule has 6 nitrogen and oxygen atoms in total. The monoisotopic (exact) mass is 543 g/mol. The third-order valence-corrected chi connectivity index (χ3v) is 12.4. The molecule has 0 aliphatic heterocycles. The lowest BCUT2D eigenvalue weighted by atomic mass is 9.38. The van der Waals surface area contributed by atoms with Crippen molar-refractivity contribution in [3.8, 4) is 6.07 Å². The smallest absolute Gasteiger partial charge is 0.222 e. The number of fused-ring (bicyclic) bond motifs is 7. The number of carbonyl (C=O) groups excluding carboxylic acids is 2. The molecule has 214 valence electrons. The Morgan fingerprint density at radius 3 is 2.45 bits per heavy atom. The molecule has 7 unspecified atom stereocenters. The topological polar surface area (TPSA) is 96.9 Å². The first-order chi connectivity index (χ1) is 18.7. The van der Waals surface area contributed by atoms with Gasteiger partial charge in [-0.25, -0.2) is 0 Å². The first kappa shape index (κ1) is 27.6. The van der Waals surface area contributed by atoms with E-state index in [4.69, 9.17) is 4.42 Å². The van der Waals surface area contributed by atoms with E-state index in [2.05, 4.69) is 50.9 Å². The van der Waals surface area contributed by atoms with Crippen molar-refractivity contribution < 1.29 is 14.0 Å². The van der Waals surface area contributed by atoms with Crippen LogP contribution < -0.4 is 0 Å². The van der Waals surface area contributed by atoms with Crippen LogP contribution in [0.4, 0.5) is 0 Å². The Morgan fingerprint density at radius 2 is 1.75 bits per heavy atom. The molecule has 0 N–H and O–H groups in total. The standard InChI is InChI=1S/C34H45N3O3/c1-8-9-26-36-37-29(40-26)34-13-10-21-27(22(34)18-30(2,3)14-15-34)23(38)16-25-32(21,6)12-11-24-31(4,5)28(39)20(19-35)17-33(24,25)7/h16-17,21-22,24,27H,8-15,18H2,1-7H3. The SMILES string of the molecule is CCCc1nnc(C23CCC4C(C(=O)C=C5C6(C)C=C(C#N)C(=O)C(C)(C)C6CCC54C)C2CC(C)(C)CC3)o1. The zero-order chi connectivity index (χ0) is 28.9. The van der Waals surface area contributed by atoms with E-state index in [1.807, 2.05) is 26.0 Å². The van der Waals surface area contributed by atoms with Crippen LogP contribution in [0.3, 0.4) is 0 Å². The summed E-state index contributed by atoms with van der Waals surface area (Å²) in [6, 6.07) is 2.20. The third-order valence-electron chi connectivity index (χ3n) is 12.4. The average Bonchev–Trinajstić information content (AvgIpc) is 3.36. The number of nitrogens with zero attached hydrogens (tertiary/aromatic N) is 3. The fourth-order valence-corrected chi connectivity index (χ4v) is 10.4. The number of rotatable bonds is 3. The number of Topliss-reactive ketones (excluding diaryl/α,β-unsaturated/α-hetero) is 1. The van der Waals surface area contributed by atoms with E-state index in [0.29, 0.717) is 5.89 Å². The molecule has 0 bridgehead atoms. The van der Waals surface area contributed by atoms with Gasteiger partial charge in [-0.2, -0.15) is 5.26 Å². The maximum atomic E-state index is 14.5. The molecular formula is C34H45N3O3. The lowest BCUT2D eigenvalue weighted by Crippen LogP contribution is -2.61. The molecule has 3 fully saturated rings. The maximum absolute atomic E-state index is 14.5. The van der Waals surface area contributed by atoms with Crippen LogP contribution in [0, 0.1) is 56.7 Å². The zero-order valence-corrected chi connectivity index (χ0v) is 25.4. The van der Waals surface area contributed by atoms with Gasteiger partial charge in [-0.3, -0.25) is 9.59 Å². The molecule has 0 radical (unpaired) electrons. The molecule has 0 saturated heterocycles. The Morgan fingerprint density at radius 1 is 1.00 bits per heavy atom. The second-order valence-corrected chi connectivity index (χ2v) is 15.5. The summed E-state index contributed by atoms with van der Waals surface area (Å²) in [5.74, 6) is 2.00. The molecule has 0 aromatic carbocycles. The Labute approximate surface area is 239 Å². The van der Waals surface area contributed by atoms with Crippen LogP contribution in [0.5, 0.6) is 0 Å². The number of allylic oxidation sites excluding steroid dienone is 4. The van der Waals surface area contributed by atoms with Gasteiger partial charge in [-0.15, -0.1) is 10.2 Å². The van der Waals surface area contributed by atoms with Crippen molar-refractivity contribution in [2.75, 3.05) is 0 Å². The Bertz CT molecular complexity index is 1370. The third kappa shape index (κ3) is 3.58. The number of carbonyl (C=O) groups is 2. The highest BCUT2D eigenvalue weighted by Crippen LogP contribution is 2.70. The number of aromatic nitrogens is 2. The van der Waals surface area contributed by atoms with Crippen molar-refractivity contribution in [3.63, 3.8) is 0 Å². The summed E-state index contributed by atoms with van der Waals surface area (Å²) in [5, 5.41) is 19.0. The summed E-state index contributed by atoms with van der Waals surface area (Å²) in [6.45, 7) is 15.4. The molecule has 40 heavy (non-hydrogen) atoms. The number of ketones is 2. The molecule has 0 spiro atoms. The van der Waals surface area contributed by atoms with Crippen LogP contribution in [-0.2, 0) is 21.4 Å². The van der Waals surface area contributed by atoms with Crippen LogP contribution in [0.25, 0.3) is 0 Å². The fraction of sp³-hybridized carbons (Fsp3) is 0.735. The number of hydrogen-bond donors (Lipinski definition) is 0. The lowest BCUT2D eigenvalue weighted by molar-refractivity contribution is -0.142. The highest BCUT2D eigenvalue weighted by molar-refractivity contribution is 6.04. The van der Waals surface area contributed by atoms with E-state index in [-0.39, 0.29) is 57.1 Å². The van der Waals surface area contributed by atoms with Crippen molar-refractivity contribution in [3.05, 3.63) is 35.1 Å². The summed E-state index contributed by atoms with van der Waals surface area (Å²) in [6.07, 6.45) is 12.5. The van der Waals surface area contributed by atoms with Gasteiger partial charge in [0.25, 0.3) is 0 Å². The first-order valence-electron chi connectivity index (χ1n) is 15.5. The second kappa shape index (κ2) is 8.73. The number of nitriles is 1. The van der Waals surface area contributed by atoms with E-state index in [1.165, 1.54) is 0 Å². The van der Waals surface area contributed by atoms with Gasteiger partial charge in [-0.05, 0) is 86.0 Å². The summed E-state index contributed by atoms with van der Waals surface area (Å²) >= 11 is 0. The summed E-state index contributed by atoms with van der Waals surface area (Å²) in [5.41, 5.74) is 0.0165. The zero-order valence-electron chi connectivity index (χ0n) is 25.4.